The predicted octanol–water partition coefficient (Wildman–Crippen LogP) is 3.13. The fraction of sp³-hybridized carbons (Fsp3) is 0.571. The molecule has 21 heavy (non-hydrogen) atoms. The lowest BCUT2D eigenvalue weighted by atomic mass is 10.2. The summed E-state index contributed by atoms with van der Waals surface area (Å²) in [6.07, 6.45) is 1.05. The molecule has 0 spiro atoms. The van der Waals surface area contributed by atoms with Crippen molar-refractivity contribution in [1.29, 1.82) is 0 Å². The summed E-state index contributed by atoms with van der Waals surface area (Å²) in [6.45, 7) is 6.09. The van der Waals surface area contributed by atoms with Crippen LogP contribution >= 0.6 is 36.4 Å². The summed E-state index contributed by atoms with van der Waals surface area (Å²) in [5.41, 5.74) is 0.551. The van der Waals surface area contributed by atoms with Crippen LogP contribution in [0, 0.1) is 5.82 Å². The molecule has 1 aliphatic rings. The van der Waals surface area contributed by atoms with Crippen LogP contribution in [0.5, 0.6) is 0 Å². The van der Waals surface area contributed by atoms with Crippen molar-refractivity contribution in [2.45, 2.75) is 13.0 Å². The molecular formula is C14H22Cl3FN2O. The summed E-state index contributed by atoms with van der Waals surface area (Å²) >= 11 is 5.96. The molecule has 3 nitrogen and oxygen atoms in total. The number of hydrogen-bond donors (Lipinski definition) is 1. The normalized spacial score (nSPS) is 15.1. The first-order valence-electron chi connectivity index (χ1n) is 6.71. The Morgan fingerprint density at radius 1 is 1.24 bits per heavy atom. The van der Waals surface area contributed by atoms with Crippen molar-refractivity contribution in [1.82, 2.24) is 10.2 Å². The van der Waals surface area contributed by atoms with Gasteiger partial charge in [0.2, 0.25) is 0 Å². The van der Waals surface area contributed by atoms with Crippen molar-refractivity contribution < 1.29 is 9.13 Å². The molecule has 0 aromatic heterocycles. The number of rotatable bonds is 6. The van der Waals surface area contributed by atoms with Crippen molar-refractivity contribution >= 4 is 36.4 Å². The second-order valence-corrected chi connectivity index (χ2v) is 5.09. The van der Waals surface area contributed by atoms with Gasteiger partial charge in [0.25, 0.3) is 0 Å². The molecule has 0 bridgehead atoms. The van der Waals surface area contributed by atoms with E-state index in [1.807, 2.05) is 0 Å². The van der Waals surface area contributed by atoms with Gasteiger partial charge in [0.05, 0.1) is 13.2 Å². The maximum absolute atomic E-state index is 13.5. The molecule has 1 heterocycles. The van der Waals surface area contributed by atoms with Crippen molar-refractivity contribution in [2.24, 2.45) is 0 Å². The Kier molecular flexibility index (Phi) is 11.4. The van der Waals surface area contributed by atoms with Gasteiger partial charge in [-0.2, -0.15) is 0 Å². The number of morpholine rings is 1. The first kappa shape index (κ1) is 20.9. The van der Waals surface area contributed by atoms with Crippen LogP contribution in [-0.2, 0) is 11.3 Å². The van der Waals surface area contributed by atoms with Crippen LogP contribution in [-0.4, -0.2) is 44.3 Å². The molecule has 0 saturated carbocycles. The Bertz CT molecular complexity index is 384. The van der Waals surface area contributed by atoms with Crippen LogP contribution in [0.25, 0.3) is 0 Å². The second-order valence-electron chi connectivity index (χ2n) is 4.68. The fourth-order valence-corrected chi connectivity index (χ4v) is 2.40. The molecule has 0 aliphatic carbocycles. The Balaban J connectivity index is 0.00000200. The van der Waals surface area contributed by atoms with E-state index in [0.29, 0.717) is 17.1 Å². The molecule has 1 N–H and O–H groups in total. The summed E-state index contributed by atoms with van der Waals surface area (Å²) in [5, 5.41) is 3.73. The molecular weight excluding hydrogens is 338 g/mol. The third kappa shape index (κ3) is 7.13. The molecule has 1 saturated heterocycles. The molecule has 1 aromatic carbocycles. The van der Waals surface area contributed by atoms with E-state index in [0.717, 1.165) is 45.8 Å². The zero-order valence-electron chi connectivity index (χ0n) is 11.8. The fourth-order valence-electron chi connectivity index (χ4n) is 2.17. The van der Waals surface area contributed by atoms with Crippen molar-refractivity contribution in [2.75, 3.05) is 39.4 Å². The minimum Gasteiger partial charge on any atom is -0.379 e. The largest absolute Gasteiger partial charge is 0.379 e. The molecule has 1 aliphatic heterocycles. The smallest absolute Gasteiger partial charge is 0.129 e. The average Bonchev–Trinajstić information content (AvgIpc) is 2.42. The van der Waals surface area contributed by atoms with Crippen LogP contribution < -0.4 is 5.32 Å². The van der Waals surface area contributed by atoms with Crippen LogP contribution in [0.2, 0.25) is 5.02 Å². The van der Waals surface area contributed by atoms with Gasteiger partial charge in [0, 0.05) is 30.2 Å². The monoisotopic (exact) mass is 358 g/mol. The lowest BCUT2D eigenvalue weighted by molar-refractivity contribution is 0.0374. The zero-order valence-corrected chi connectivity index (χ0v) is 14.2. The second kappa shape index (κ2) is 11.5. The Labute approximate surface area is 143 Å². The summed E-state index contributed by atoms with van der Waals surface area (Å²) < 4.78 is 18.8. The maximum Gasteiger partial charge on any atom is 0.129 e. The Hall–Kier alpha value is -0.100. The van der Waals surface area contributed by atoms with Crippen molar-refractivity contribution in [3.8, 4) is 0 Å². The van der Waals surface area contributed by atoms with Gasteiger partial charge in [0.1, 0.15) is 5.82 Å². The van der Waals surface area contributed by atoms with Crippen molar-refractivity contribution in [3.05, 3.63) is 34.6 Å². The highest BCUT2D eigenvalue weighted by atomic mass is 35.5. The molecule has 7 heteroatoms. The number of nitrogens with zero attached hydrogens (tertiary/aromatic N) is 1. The lowest BCUT2D eigenvalue weighted by Crippen LogP contribution is -2.37. The van der Waals surface area contributed by atoms with E-state index in [9.17, 15) is 4.39 Å². The minimum atomic E-state index is -0.242. The van der Waals surface area contributed by atoms with Gasteiger partial charge >= 0.3 is 0 Å². The predicted molar refractivity (Wildman–Crippen MR) is 89.5 cm³/mol. The van der Waals surface area contributed by atoms with Gasteiger partial charge in [-0.1, -0.05) is 17.7 Å². The highest BCUT2D eigenvalue weighted by Crippen LogP contribution is 2.18. The Morgan fingerprint density at radius 3 is 2.62 bits per heavy atom. The van der Waals surface area contributed by atoms with Gasteiger partial charge in [-0.25, -0.2) is 4.39 Å². The molecule has 1 aromatic rings. The van der Waals surface area contributed by atoms with Gasteiger partial charge in [-0.15, -0.1) is 24.8 Å². The van der Waals surface area contributed by atoms with Gasteiger partial charge in [0.15, 0.2) is 0 Å². The summed E-state index contributed by atoms with van der Waals surface area (Å²) in [6, 6.07) is 4.78. The third-order valence-electron chi connectivity index (χ3n) is 3.30. The number of ether oxygens (including phenoxy) is 1. The first-order valence-corrected chi connectivity index (χ1v) is 7.09. The Morgan fingerprint density at radius 2 is 1.95 bits per heavy atom. The number of nitrogens with one attached hydrogen (secondary N) is 1. The van der Waals surface area contributed by atoms with Crippen molar-refractivity contribution in [3.63, 3.8) is 0 Å². The minimum absolute atomic E-state index is 0. The topological polar surface area (TPSA) is 24.5 Å². The van der Waals surface area contributed by atoms with Gasteiger partial charge < -0.3 is 10.1 Å². The zero-order chi connectivity index (χ0) is 13.5. The summed E-state index contributed by atoms with van der Waals surface area (Å²) in [7, 11) is 0. The first-order chi connectivity index (χ1) is 9.27. The number of hydrogen-bond acceptors (Lipinski definition) is 3. The highest BCUT2D eigenvalue weighted by Gasteiger charge is 2.09. The average molecular weight is 360 g/mol. The third-order valence-corrected chi connectivity index (χ3v) is 3.65. The standard InChI is InChI=1S/C14H20ClFN2O.2ClH/c15-13-3-1-4-14(16)12(13)11-17-5-2-6-18-7-9-19-10-8-18;;/h1,3-4,17H,2,5-11H2;2*1H. The van der Waals surface area contributed by atoms with E-state index in [1.54, 1.807) is 12.1 Å². The van der Waals surface area contributed by atoms with Crippen LogP contribution in [0.1, 0.15) is 12.0 Å². The SMILES string of the molecule is Cl.Cl.Fc1cccc(Cl)c1CNCCCN1CCOCC1. The lowest BCUT2D eigenvalue weighted by Gasteiger charge is -2.26. The van der Waals surface area contributed by atoms with E-state index < -0.39 is 0 Å². The molecule has 2 rings (SSSR count). The summed E-state index contributed by atoms with van der Waals surface area (Å²) in [4.78, 5) is 2.39. The summed E-state index contributed by atoms with van der Waals surface area (Å²) in [5.74, 6) is -0.242. The van der Waals surface area contributed by atoms with Gasteiger partial charge in [-0.3, -0.25) is 4.90 Å². The number of halogens is 4. The van der Waals surface area contributed by atoms with E-state index in [2.05, 4.69) is 10.2 Å². The molecule has 1 fully saturated rings. The van der Waals surface area contributed by atoms with E-state index in [4.69, 9.17) is 16.3 Å². The van der Waals surface area contributed by atoms with E-state index in [1.165, 1.54) is 6.07 Å². The van der Waals surface area contributed by atoms with Crippen LogP contribution in [0.3, 0.4) is 0 Å². The van der Waals surface area contributed by atoms with E-state index >= 15 is 0 Å². The quantitative estimate of drug-likeness (QED) is 0.790. The van der Waals surface area contributed by atoms with Gasteiger partial charge in [-0.05, 0) is 31.6 Å². The molecule has 0 radical (unpaired) electrons. The van der Waals surface area contributed by atoms with E-state index in [-0.39, 0.29) is 30.6 Å². The molecule has 0 unspecified atom stereocenters. The van der Waals surface area contributed by atoms with Crippen LogP contribution in [0.4, 0.5) is 4.39 Å². The molecule has 122 valence electrons. The van der Waals surface area contributed by atoms with Crippen LogP contribution in [0.15, 0.2) is 18.2 Å². The molecule has 0 atom stereocenters. The number of benzene rings is 1. The highest BCUT2D eigenvalue weighted by molar-refractivity contribution is 6.31. The maximum atomic E-state index is 13.5. The molecule has 0 amide bonds.